The van der Waals surface area contributed by atoms with Crippen LogP contribution in [0.4, 0.5) is 0 Å². The first-order valence-corrected chi connectivity index (χ1v) is 7.17. The first kappa shape index (κ1) is 16.3. The molecule has 5 heteroatoms. The number of carboxylic acid groups (broad SMARTS) is 1. The van der Waals surface area contributed by atoms with E-state index in [0.29, 0.717) is 25.3 Å². The predicted octanol–water partition coefficient (Wildman–Crippen LogP) is 2.93. The molecule has 0 amide bonds. The molecule has 2 aromatic rings. The molecule has 0 fully saturated rings. The van der Waals surface area contributed by atoms with Gasteiger partial charge in [-0.1, -0.05) is 12.1 Å². The molecule has 1 heterocycles. The lowest BCUT2D eigenvalue weighted by Gasteiger charge is -2.21. The summed E-state index contributed by atoms with van der Waals surface area (Å²) in [6.45, 7) is 4.73. The third-order valence-electron chi connectivity index (χ3n) is 3.39. The van der Waals surface area contributed by atoms with Crippen molar-refractivity contribution >= 4 is 5.97 Å². The molecule has 0 bridgehead atoms. The highest BCUT2D eigenvalue weighted by Gasteiger charge is 2.10. The van der Waals surface area contributed by atoms with Crippen molar-refractivity contribution in [3.8, 4) is 0 Å². The Morgan fingerprint density at radius 2 is 1.91 bits per heavy atom. The topological polar surface area (TPSA) is 62.9 Å². The van der Waals surface area contributed by atoms with Gasteiger partial charge in [0.15, 0.2) is 0 Å². The third kappa shape index (κ3) is 4.72. The van der Waals surface area contributed by atoms with Gasteiger partial charge in [0.1, 0.15) is 11.5 Å². The summed E-state index contributed by atoms with van der Waals surface area (Å²) < 4.78 is 10.8. The molecule has 5 nitrogen and oxygen atoms in total. The summed E-state index contributed by atoms with van der Waals surface area (Å²) in [5.74, 6) is 0.900. The molecule has 0 spiro atoms. The zero-order chi connectivity index (χ0) is 15.9. The lowest BCUT2D eigenvalue weighted by atomic mass is 10.1. The molecular weight excluding hydrogens is 282 g/mol. The molecule has 0 radical (unpaired) electrons. The number of furan rings is 1. The van der Waals surface area contributed by atoms with E-state index in [1.165, 1.54) is 0 Å². The Kier molecular flexibility index (Phi) is 5.75. The number of carboxylic acids is 1. The van der Waals surface area contributed by atoms with E-state index in [-0.39, 0.29) is 0 Å². The van der Waals surface area contributed by atoms with Gasteiger partial charge in [-0.25, -0.2) is 4.79 Å². The number of carbonyl (C=O) groups is 1. The van der Waals surface area contributed by atoms with Crippen LogP contribution in [0.3, 0.4) is 0 Å². The van der Waals surface area contributed by atoms with E-state index in [9.17, 15) is 4.79 Å². The molecule has 0 atom stereocenters. The van der Waals surface area contributed by atoms with E-state index < -0.39 is 5.97 Å². The largest absolute Gasteiger partial charge is 0.478 e. The number of ether oxygens (including phenoxy) is 1. The first-order chi connectivity index (χ1) is 10.6. The summed E-state index contributed by atoms with van der Waals surface area (Å²) in [4.78, 5) is 13.1. The van der Waals surface area contributed by atoms with E-state index >= 15 is 0 Å². The second-order valence-electron chi connectivity index (χ2n) is 5.22. The molecule has 0 unspecified atom stereocenters. The maximum atomic E-state index is 10.9. The highest BCUT2D eigenvalue weighted by molar-refractivity contribution is 5.87. The summed E-state index contributed by atoms with van der Waals surface area (Å²) >= 11 is 0. The Morgan fingerprint density at radius 1 is 1.18 bits per heavy atom. The minimum atomic E-state index is -0.908. The van der Waals surface area contributed by atoms with Gasteiger partial charge >= 0.3 is 5.97 Å². The molecule has 0 aliphatic carbocycles. The normalized spacial score (nSPS) is 11.0. The molecule has 2 rings (SSSR count). The molecule has 1 aromatic carbocycles. The van der Waals surface area contributed by atoms with E-state index in [2.05, 4.69) is 4.90 Å². The maximum Gasteiger partial charge on any atom is 0.335 e. The van der Waals surface area contributed by atoms with Crippen LogP contribution in [0.5, 0.6) is 0 Å². The number of aryl methyl sites for hydroxylation is 1. The quantitative estimate of drug-likeness (QED) is 0.812. The average molecular weight is 303 g/mol. The fourth-order valence-corrected chi connectivity index (χ4v) is 2.24. The van der Waals surface area contributed by atoms with Gasteiger partial charge in [-0.05, 0) is 36.8 Å². The zero-order valence-electron chi connectivity index (χ0n) is 12.9. The van der Waals surface area contributed by atoms with Crippen molar-refractivity contribution in [2.24, 2.45) is 0 Å². The molecule has 1 N–H and O–H groups in total. The van der Waals surface area contributed by atoms with Crippen molar-refractivity contribution in [2.75, 3.05) is 20.3 Å². The molecule has 22 heavy (non-hydrogen) atoms. The van der Waals surface area contributed by atoms with Crippen molar-refractivity contribution in [3.63, 3.8) is 0 Å². The Hall–Kier alpha value is -2.11. The van der Waals surface area contributed by atoms with Crippen LogP contribution in [0.2, 0.25) is 0 Å². The van der Waals surface area contributed by atoms with Crippen LogP contribution < -0.4 is 0 Å². The van der Waals surface area contributed by atoms with Gasteiger partial charge in [0.25, 0.3) is 0 Å². The van der Waals surface area contributed by atoms with Crippen molar-refractivity contribution in [1.82, 2.24) is 4.90 Å². The molecule has 0 saturated heterocycles. The van der Waals surface area contributed by atoms with Gasteiger partial charge in [0.2, 0.25) is 0 Å². The zero-order valence-corrected chi connectivity index (χ0v) is 12.9. The van der Waals surface area contributed by atoms with Crippen molar-refractivity contribution < 1.29 is 19.1 Å². The predicted molar refractivity (Wildman–Crippen MR) is 82.8 cm³/mol. The monoisotopic (exact) mass is 303 g/mol. The molecule has 118 valence electrons. The van der Waals surface area contributed by atoms with Gasteiger partial charge in [0, 0.05) is 20.2 Å². The Labute approximate surface area is 130 Å². The summed E-state index contributed by atoms with van der Waals surface area (Å²) in [6, 6.07) is 10.9. The third-order valence-corrected chi connectivity index (χ3v) is 3.39. The number of rotatable bonds is 8. The summed E-state index contributed by atoms with van der Waals surface area (Å²) in [6.07, 6.45) is 0. The highest BCUT2D eigenvalue weighted by Crippen LogP contribution is 2.13. The van der Waals surface area contributed by atoms with Crippen molar-refractivity contribution in [2.45, 2.75) is 20.0 Å². The van der Waals surface area contributed by atoms with Crippen LogP contribution >= 0.6 is 0 Å². The number of hydrogen-bond donors (Lipinski definition) is 1. The number of methoxy groups -OCH3 is 1. The molecule has 0 aliphatic rings. The summed E-state index contributed by atoms with van der Waals surface area (Å²) in [5, 5.41) is 8.93. The number of hydrogen-bond acceptors (Lipinski definition) is 4. The van der Waals surface area contributed by atoms with E-state index in [1.807, 2.05) is 31.2 Å². The van der Waals surface area contributed by atoms with Crippen LogP contribution in [0.25, 0.3) is 0 Å². The van der Waals surface area contributed by atoms with E-state index in [0.717, 1.165) is 23.6 Å². The van der Waals surface area contributed by atoms with Crippen LogP contribution in [-0.2, 0) is 17.8 Å². The van der Waals surface area contributed by atoms with E-state index in [4.69, 9.17) is 14.3 Å². The fraction of sp³-hybridized carbons (Fsp3) is 0.353. The summed E-state index contributed by atoms with van der Waals surface area (Å²) in [7, 11) is 1.68. The van der Waals surface area contributed by atoms with Crippen molar-refractivity contribution in [3.05, 3.63) is 59.0 Å². The fourth-order valence-electron chi connectivity index (χ4n) is 2.24. The first-order valence-electron chi connectivity index (χ1n) is 7.17. The number of benzene rings is 1. The number of aromatic carboxylic acids is 1. The van der Waals surface area contributed by atoms with Gasteiger partial charge < -0.3 is 14.3 Å². The highest BCUT2D eigenvalue weighted by atomic mass is 16.5. The van der Waals surface area contributed by atoms with Crippen LogP contribution in [0.1, 0.15) is 27.4 Å². The number of nitrogens with zero attached hydrogens (tertiary/aromatic N) is 1. The molecule has 0 aliphatic heterocycles. The smallest absolute Gasteiger partial charge is 0.335 e. The molecule has 0 saturated carbocycles. The minimum Gasteiger partial charge on any atom is -0.478 e. The second kappa shape index (κ2) is 7.77. The average Bonchev–Trinajstić information content (AvgIpc) is 2.90. The molecule has 1 aromatic heterocycles. The Morgan fingerprint density at radius 3 is 2.45 bits per heavy atom. The van der Waals surface area contributed by atoms with Gasteiger partial charge in [0.05, 0.1) is 18.7 Å². The maximum absolute atomic E-state index is 10.9. The van der Waals surface area contributed by atoms with Crippen molar-refractivity contribution in [1.29, 1.82) is 0 Å². The Balaban J connectivity index is 2.03. The summed E-state index contributed by atoms with van der Waals surface area (Å²) in [5.41, 5.74) is 1.36. The van der Waals surface area contributed by atoms with Gasteiger partial charge in [-0.3, -0.25) is 4.90 Å². The minimum absolute atomic E-state index is 0.300. The van der Waals surface area contributed by atoms with E-state index in [1.54, 1.807) is 19.2 Å². The van der Waals surface area contributed by atoms with Crippen LogP contribution in [0, 0.1) is 6.92 Å². The van der Waals surface area contributed by atoms with Crippen LogP contribution in [0.15, 0.2) is 40.8 Å². The SMILES string of the molecule is COCCN(Cc1ccc(C(=O)O)cc1)Cc1ccc(C)o1. The lowest BCUT2D eigenvalue weighted by Crippen LogP contribution is -2.26. The Bertz CT molecular complexity index is 603. The van der Waals surface area contributed by atoms with Gasteiger partial charge in [-0.15, -0.1) is 0 Å². The lowest BCUT2D eigenvalue weighted by molar-refractivity contribution is 0.0697. The standard InChI is InChI=1S/C17H21NO4/c1-13-3-8-16(22-13)12-18(9-10-21-2)11-14-4-6-15(7-5-14)17(19)20/h3-8H,9-12H2,1-2H3,(H,19,20). The van der Waals surface area contributed by atoms with Crippen LogP contribution in [-0.4, -0.2) is 36.2 Å². The second-order valence-corrected chi connectivity index (χ2v) is 5.22. The van der Waals surface area contributed by atoms with Gasteiger partial charge in [-0.2, -0.15) is 0 Å². The molecular formula is C17H21NO4.